The van der Waals surface area contributed by atoms with Crippen LogP contribution in [0.1, 0.15) is 13.8 Å². The summed E-state index contributed by atoms with van der Waals surface area (Å²) in [5.41, 5.74) is 1.96. The molecular weight excluding hydrogens is 342 g/mol. The van der Waals surface area contributed by atoms with E-state index in [0.717, 1.165) is 5.69 Å². The number of benzene rings is 2. The Morgan fingerprint density at radius 2 is 1.68 bits per heavy atom. The second-order valence-corrected chi connectivity index (χ2v) is 5.89. The molecule has 0 saturated carbocycles. The number of amides is 2. The number of carbonyl (C=O) groups is 2. The van der Waals surface area contributed by atoms with E-state index in [4.69, 9.17) is 16.3 Å². The lowest BCUT2D eigenvalue weighted by atomic mass is 10.2. The Bertz CT molecular complexity index is 763. The molecule has 0 aliphatic carbocycles. The Morgan fingerprint density at radius 3 is 2.28 bits per heavy atom. The highest BCUT2D eigenvalue weighted by Gasteiger charge is 2.15. The van der Waals surface area contributed by atoms with Crippen molar-refractivity contribution >= 4 is 40.5 Å². The lowest BCUT2D eigenvalue weighted by Crippen LogP contribution is -2.32. The van der Waals surface area contributed by atoms with E-state index in [-0.39, 0.29) is 11.8 Å². The first-order chi connectivity index (χ1) is 11.9. The Hall–Kier alpha value is -2.73. The van der Waals surface area contributed by atoms with Crippen molar-refractivity contribution in [1.82, 2.24) is 0 Å². The number of anilines is 3. The summed E-state index contributed by atoms with van der Waals surface area (Å²) in [5, 5.41) is 9.08. The summed E-state index contributed by atoms with van der Waals surface area (Å²) in [6.45, 7) is 3.19. The van der Waals surface area contributed by atoms with Gasteiger partial charge in [0, 0.05) is 23.3 Å². The molecule has 0 fully saturated rings. The SMILES string of the molecule is COc1ccc(Cl)cc1NC(=O)[C@@H](C)Nc1ccc(NC(C)=O)cc1. The van der Waals surface area contributed by atoms with Gasteiger partial charge in [0.25, 0.3) is 0 Å². The van der Waals surface area contributed by atoms with Gasteiger partial charge in [-0.3, -0.25) is 9.59 Å². The fourth-order valence-corrected chi connectivity index (χ4v) is 2.36. The number of nitrogens with one attached hydrogen (secondary N) is 3. The van der Waals surface area contributed by atoms with Gasteiger partial charge in [-0.2, -0.15) is 0 Å². The van der Waals surface area contributed by atoms with Gasteiger partial charge in [-0.05, 0) is 49.4 Å². The standard InChI is InChI=1S/C18H20ClN3O3/c1-11(20-14-5-7-15(8-6-14)21-12(2)23)18(24)22-16-10-13(19)4-9-17(16)25-3/h4-11,20H,1-3H3,(H,21,23)(H,22,24)/t11-/m1/s1. The molecule has 0 aromatic heterocycles. The van der Waals surface area contributed by atoms with Crippen LogP contribution < -0.4 is 20.7 Å². The van der Waals surface area contributed by atoms with Crippen LogP contribution in [0, 0.1) is 0 Å². The Kier molecular flexibility index (Phi) is 6.25. The minimum atomic E-state index is -0.490. The summed E-state index contributed by atoms with van der Waals surface area (Å²) in [6, 6.07) is 11.6. The quantitative estimate of drug-likeness (QED) is 0.732. The van der Waals surface area contributed by atoms with E-state index in [1.807, 2.05) is 0 Å². The van der Waals surface area contributed by atoms with Crippen LogP contribution >= 0.6 is 11.6 Å². The molecule has 2 amide bonds. The van der Waals surface area contributed by atoms with Crippen molar-refractivity contribution < 1.29 is 14.3 Å². The number of hydrogen-bond donors (Lipinski definition) is 3. The van der Waals surface area contributed by atoms with Gasteiger partial charge in [0.1, 0.15) is 11.8 Å². The zero-order chi connectivity index (χ0) is 18.4. The van der Waals surface area contributed by atoms with Crippen molar-refractivity contribution in [3.63, 3.8) is 0 Å². The second kappa shape index (κ2) is 8.39. The second-order valence-electron chi connectivity index (χ2n) is 5.46. The zero-order valence-electron chi connectivity index (χ0n) is 14.2. The van der Waals surface area contributed by atoms with E-state index in [1.165, 1.54) is 14.0 Å². The molecule has 1 atom stereocenters. The monoisotopic (exact) mass is 361 g/mol. The third kappa shape index (κ3) is 5.39. The van der Waals surface area contributed by atoms with Crippen molar-refractivity contribution in [1.29, 1.82) is 0 Å². The maximum absolute atomic E-state index is 12.4. The van der Waals surface area contributed by atoms with Gasteiger partial charge in [0.05, 0.1) is 12.8 Å². The zero-order valence-corrected chi connectivity index (χ0v) is 15.0. The highest BCUT2D eigenvalue weighted by molar-refractivity contribution is 6.31. The minimum absolute atomic E-state index is 0.135. The molecule has 0 heterocycles. The number of methoxy groups -OCH3 is 1. The van der Waals surface area contributed by atoms with Crippen LogP contribution in [0.2, 0.25) is 5.02 Å². The van der Waals surface area contributed by atoms with Crippen LogP contribution in [0.3, 0.4) is 0 Å². The van der Waals surface area contributed by atoms with Crippen molar-refractivity contribution in [2.45, 2.75) is 19.9 Å². The maximum Gasteiger partial charge on any atom is 0.246 e. The summed E-state index contributed by atoms with van der Waals surface area (Å²) in [4.78, 5) is 23.4. The van der Waals surface area contributed by atoms with Gasteiger partial charge in [0.15, 0.2) is 0 Å². The van der Waals surface area contributed by atoms with Crippen molar-refractivity contribution in [2.24, 2.45) is 0 Å². The molecular formula is C18H20ClN3O3. The highest BCUT2D eigenvalue weighted by Crippen LogP contribution is 2.27. The molecule has 2 aromatic carbocycles. The first-order valence-corrected chi connectivity index (χ1v) is 8.05. The van der Waals surface area contributed by atoms with Crippen LogP contribution in [0.15, 0.2) is 42.5 Å². The molecule has 2 rings (SSSR count). The van der Waals surface area contributed by atoms with E-state index in [2.05, 4.69) is 16.0 Å². The lowest BCUT2D eigenvalue weighted by molar-refractivity contribution is -0.116. The summed E-state index contributed by atoms with van der Waals surface area (Å²) < 4.78 is 5.22. The Labute approximate surface area is 151 Å². The summed E-state index contributed by atoms with van der Waals surface area (Å²) in [5.74, 6) is 0.167. The fourth-order valence-electron chi connectivity index (χ4n) is 2.19. The summed E-state index contributed by atoms with van der Waals surface area (Å²) >= 11 is 5.96. The normalized spacial score (nSPS) is 11.4. The third-order valence-electron chi connectivity index (χ3n) is 3.40. The minimum Gasteiger partial charge on any atom is -0.495 e. The highest BCUT2D eigenvalue weighted by atomic mass is 35.5. The maximum atomic E-state index is 12.4. The third-order valence-corrected chi connectivity index (χ3v) is 3.64. The molecule has 0 saturated heterocycles. The molecule has 0 unspecified atom stereocenters. The summed E-state index contributed by atoms with van der Waals surface area (Å²) in [6.07, 6.45) is 0. The van der Waals surface area contributed by atoms with Gasteiger partial charge in [-0.1, -0.05) is 11.6 Å². The number of ether oxygens (including phenoxy) is 1. The van der Waals surface area contributed by atoms with Gasteiger partial charge in [0.2, 0.25) is 11.8 Å². The molecule has 0 aliphatic rings. The molecule has 0 aliphatic heterocycles. The topological polar surface area (TPSA) is 79.5 Å². The average Bonchev–Trinajstić information content (AvgIpc) is 2.56. The molecule has 7 heteroatoms. The molecule has 0 spiro atoms. The van der Waals surface area contributed by atoms with E-state index >= 15 is 0 Å². The number of halogens is 1. The van der Waals surface area contributed by atoms with Crippen LogP contribution in [0.5, 0.6) is 5.75 Å². The van der Waals surface area contributed by atoms with E-state index < -0.39 is 6.04 Å². The predicted octanol–water partition coefficient (Wildman–Crippen LogP) is 3.75. The molecule has 6 nitrogen and oxygen atoms in total. The first kappa shape index (κ1) is 18.6. The molecule has 132 valence electrons. The van der Waals surface area contributed by atoms with E-state index in [9.17, 15) is 9.59 Å². The number of rotatable bonds is 6. The Morgan fingerprint density at radius 1 is 1.04 bits per heavy atom. The Balaban J connectivity index is 2.00. The summed E-state index contributed by atoms with van der Waals surface area (Å²) in [7, 11) is 1.53. The van der Waals surface area contributed by atoms with Gasteiger partial charge < -0.3 is 20.7 Å². The molecule has 3 N–H and O–H groups in total. The van der Waals surface area contributed by atoms with Gasteiger partial charge in [-0.15, -0.1) is 0 Å². The van der Waals surface area contributed by atoms with Crippen LogP contribution in [0.4, 0.5) is 17.1 Å². The predicted molar refractivity (Wildman–Crippen MR) is 100 cm³/mol. The first-order valence-electron chi connectivity index (χ1n) is 7.67. The molecule has 0 radical (unpaired) electrons. The van der Waals surface area contributed by atoms with Crippen molar-refractivity contribution in [3.8, 4) is 5.75 Å². The van der Waals surface area contributed by atoms with E-state index in [1.54, 1.807) is 49.4 Å². The van der Waals surface area contributed by atoms with E-state index in [0.29, 0.717) is 22.1 Å². The van der Waals surface area contributed by atoms with Crippen LogP contribution in [-0.4, -0.2) is 25.0 Å². The smallest absolute Gasteiger partial charge is 0.246 e. The van der Waals surface area contributed by atoms with Crippen molar-refractivity contribution in [2.75, 3.05) is 23.1 Å². The van der Waals surface area contributed by atoms with Crippen LogP contribution in [0.25, 0.3) is 0 Å². The molecule has 25 heavy (non-hydrogen) atoms. The average molecular weight is 362 g/mol. The lowest BCUT2D eigenvalue weighted by Gasteiger charge is -2.17. The number of hydrogen-bond acceptors (Lipinski definition) is 4. The van der Waals surface area contributed by atoms with Gasteiger partial charge in [-0.25, -0.2) is 0 Å². The van der Waals surface area contributed by atoms with Gasteiger partial charge >= 0.3 is 0 Å². The number of carbonyl (C=O) groups excluding carboxylic acids is 2. The fraction of sp³-hybridized carbons (Fsp3) is 0.222. The van der Waals surface area contributed by atoms with Crippen molar-refractivity contribution in [3.05, 3.63) is 47.5 Å². The van der Waals surface area contributed by atoms with Crippen LogP contribution in [-0.2, 0) is 9.59 Å². The molecule has 2 aromatic rings. The molecule has 0 bridgehead atoms. The largest absolute Gasteiger partial charge is 0.495 e.